The van der Waals surface area contributed by atoms with Gasteiger partial charge in [-0.05, 0) is 31.2 Å². The Hall–Kier alpha value is -2.43. The van der Waals surface area contributed by atoms with Gasteiger partial charge in [0.15, 0.2) is 0 Å². The molecule has 1 fully saturated rings. The number of benzene rings is 1. The lowest BCUT2D eigenvalue weighted by Crippen LogP contribution is -2.43. The average molecular weight is 353 g/mol. The number of piperidine rings is 1. The zero-order chi connectivity index (χ0) is 18.7. The maximum absolute atomic E-state index is 12.5. The number of amides is 1. The van der Waals surface area contributed by atoms with E-state index in [1.54, 1.807) is 6.07 Å². The van der Waals surface area contributed by atoms with Crippen molar-refractivity contribution in [1.82, 2.24) is 14.7 Å². The predicted octanol–water partition coefficient (Wildman–Crippen LogP) is 3.11. The molecule has 1 aliphatic rings. The van der Waals surface area contributed by atoms with Crippen LogP contribution in [-0.2, 0) is 11.3 Å². The van der Waals surface area contributed by atoms with Gasteiger partial charge in [0.25, 0.3) is 5.56 Å². The Bertz CT molecular complexity index is 816. The van der Waals surface area contributed by atoms with Gasteiger partial charge in [-0.15, -0.1) is 0 Å². The molecule has 0 aliphatic carbocycles. The van der Waals surface area contributed by atoms with E-state index in [0.29, 0.717) is 24.8 Å². The fourth-order valence-corrected chi connectivity index (χ4v) is 3.71. The van der Waals surface area contributed by atoms with Crippen molar-refractivity contribution >= 4 is 5.91 Å². The van der Waals surface area contributed by atoms with Gasteiger partial charge in [-0.25, -0.2) is 4.68 Å². The van der Waals surface area contributed by atoms with Gasteiger partial charge in [0, 0.05) is 31.1 Å². The lowest BCUT2D eigenvalue weighted by atomic mass is 9.92. The van der Waals surface area contributed by atoms with Crippen LogP contribution in [0.2, 0.25) is 0 Å². The van der Waals surface area contributed by atoms with Gasteiger partial charge in [0.2, 0.25) is 5.91 Å². The van der Waals surface area contributed by atoms with Crippen LogP contribution in [0, 0.1) is 18.8 Å². The summed E-state index contributed by atoms with van der Waals surface area (Å²) in [5, 5.41) is 4.45. The van der Waals surface area contributed by atoms with E-state index in [0.717, 1.165) is 24.3 Å². The largest absolute Gasteiger partial charge is 0.342 e. The van der Waals surface area contributed by atoms with Gasteiger partial charge in [-0.2, -0.15) is 5.10 Å². The van der Waals surface area contributed by atoms with Crippen molar-refractivity contribution in [3.8, 4) is 11.3 Å². The molecule has 1 aromatic heterocycles. The van der Waals surface area contributed by atoms with Crippen LogP contribution >= 0.6 is 0 Å². The van der Waals surface area contributed by atoms with Crippen LogP contribution in [-0.4, -0.2) is 33.7 Å². The van der Waals surface area contributed by atoms with Crippen LogP contribution < -0.4 is 5.56 Å². The molecule has 0 N–H and O–H groups in total. The van der Waals surface area contributed by atoms with Gasteiger partial charge in [0.1, 0.15) is 0 Å². The fourth-order valence-electron chi connectivity index (χ4n) is 3.71. The van der Waals surface area contributed by atoms with Crippen LogP contribution in [0.15, 0.2) is 41.2 Å². The smallest absolute Gasteiger partial charge is 0.266 e. The van der Waals surface area contributed by atoms with E-state index < -0.39 is 0 Å². The SMILES string of the molecule is Cc1ccc(-c2ccc(=O)n(CCC(=O)N3C[C@@H](C)C[C@H](C)C3)n2)cc1. The second kappa shape index (κ2) is 7.85. The van der Waals surface area contributed by atoms with Crippen LogP contribution in [0.5, 0.6) is 0 Å². The highest BCUT2D eigenvalue weighted by Gasteiger charge is 2.25. The van der Waals surface area contributed by atoms with E-state index in [1.165, 1.54) is 22.7 Å². The summed E-state index contributed by atoms with van der Waals surface area (Å²) < 4.78 is 1.41. The number of aryl methyl sites for hydroxylation is 2. The molecule has 2 aromatic rings. The lowest BCUT2D eigenvalue weighted by Gasteiger charge is -2.35. The Morgan fingerprint density at radius 1 is 1.08 bits per heavy atom. The normalized spacial score (nSPS) is 20.2. The van der Waals surface area contributed by atoms with Crippen LogP contribution in [0.25, 0.3) is 11.3 Å². The number of carbonyl (C=O) groups is 1. The Morgan fingerprint density at radius 2 is 1.73 bits per heavy atom. The molecule has 0 unspecified atom stereocenters. The fraction of sp³-hybridized carbons (Fsp3) is 0.476. The molecular formula is C21H27N3O2. The van der Waals surface area contributed by atoms with Gasteiger partial charge in [-0.1, -0.05) is 43.7 Å². The van der Waals surface area contributed by atoms with Crippen LogP contribution in [0.3, 0.4) is 0 Å². The van der Waals surface area contributed by atoms with E-state index in [2.05, 4.69) is 18.9 Å². The second-order valence-corrected chi connectivity index (χ2v) is 7.64. The highest BCUT2D eigenvalue weighted by molar-refractivity contribution is 5.76. The number of carbonyl (C=O) groups excluding carboxylic acids is 1. The first-order valence-electron chi connectivity index (χ1n) is 9.35. The van der Waals surface area contributed by atoms with Crippen molar-refractivity contribution in [3.63, 3.8) is 0 Å². The van der Waals surface area contributed by atoms with Crippen LogP contribution in [0.1, 0.15) is 32.3 Å². The lowest BCUT2D eigenvalue weighted by molar-refractivity contribution is -0.134. The second-order valence-electron chi connectivity index (χ2n) is 7.64. The number of likely N-dealkylation sites (tertiary alicyclic amines) is 1. The Kier molecular flexibility index (Phi) is 5.55. The molecule has 1 aromatic carbocycles. The minimum absolute atomic E-state index is 0.109. The Balaban J connectivity index is 1.69. The van der Waals surface area contributed by atoms with Crippen molar-refractivity contribution in [2.45, 2.75) is 40.2 Å². The summed E-state index contributed by atoms with van der Waals surface area (Å²) in [5.74, 6) is 1.18. The standard InChI is InChI=1S/C21H27N3O2/c1-15-4-6-18(7-5-15)19-8-9-21(26)24(22-19)11-10-20(25)23-13-16(2)12-17(3)14-23/h4-9,16-17H,10-14H2,1-3H3/t16-,17-/m0/s1. The van der Waals surface area contributed by atoms with Crippen molar-refractivity contribution < 1.29 is 4.79 Å². The van der Waals surface area contributed by atoms with Gasteiger partial charge < -0.3 is 4.90 Å². The van der Waals surface area contributed by atoms with E-state index in [4.69, 9.17) is 0 Å². The number of aromatic nitrogens is 2. The van der Waals surface area contributed by atoms with Gasteiger partial charge in [0.05, 0.1) is 12.2 Å². The van der Waals surface area contributed by atoms with Crippen molar-refractivity contribution in [2.75, 3.05) is 13.1 Å². The Morgan fingerprint density at radius 3 is 2.38 bits per heavy atom. The van der Waals surface area contributed by atoms with Gasteiger partial charge in [-0.3, -0.25) is 9.59 Å². The maximum atomic E-state index is 12.5. The third-order valence-corrected chi connectivity index (χ3v) is 4.97. The third kappa shape index (κ3) is 4.40. The minimum atomic E-state index is -0.172. The predicted molar refractivity (Wildman–Crippen MR) is 103 cm³/mol. The van der Waals surface area contributed by atoms with Crippen LogP contribution in [0.4, 0.5) is 0 Å². The number of hydrogen-bond acceptors (Lipinski definition) is 3. The molecule has 0 bridgehead atoms. The van der Waals surface area contributed by atoms with Crippen molar-refractivity contribution in [1.29, 1.82) is 0 Å². The van der Waals surface area contributed by atoms with E-state index >= 15 is 0 Å². The summed E-state index contributed by atoms with van der Waals surface area (Å²) in [4.78, 5) is 26.6. The molecule has 1 saturated heterocycles. The molecule has 5 heteroatoms. The topological polar surface area (TPSA) is 55.2 Å². The summed E-state index contributed by atoms with van der Waals surface area (Å²) >= 11 is 0. The molecule has 0 saturated carbocycles. The summed E-state index contributed by atoms with van der Waals surface area (Å²) in [5.41, 5.74) is 2.72. The average Bonchev–Trinajstić information content (AvgIpc) is 2.60. The molecule has 1 amide bonds. The number of rotatable bonds is 4. The first-order valence-corrected chi connectivity index (χ1v) is 9.35. The monoisotopic (exact) mass is 353 g/mol. The third-order valence-electron chi connectivity index (χ3n) is 4.97. The molecule has 0 radical (unpaired) electrons. The first kappa shape index (κ1) is 18.4. The van der Waals surface area contributed by atoms with E-state index in [-0.39, 0.29) is 11.5 Å². The van der Waals surface area contributed by atoms with Gasteiger partial charge >= 0.3 is 0 Å². The van der Waals surface area contributed by atoms with E-state index in [1.807, 2.05) is 36.1 Å². The maximum Gasteiger partial charge on any atom is 0.266 e. The Labute approximate surface area is 154 Å². The van der Waals surface area contributed by atoms with Crippen molar-refractivity contribution in [2.24, 2.45) is 11.8 Å². The molecule has 1 aliphatic heterocycles. The molecule has 3 rings (SSSR count). The quantitative estimate of drug-likeness (QED) is 0.849. The molecule has 2 atom stereocenters. The summed E-state index contributed by atoms with van der Waals surface area (Å²) in [6.07, 6.45) is 1.48. The summed E-state index contributed by atoms with van der Waals surface area (Å²) in [6.45, 7) is 8.35. The summed E-state index contributed by atoms with van der Waals surface area (Å²) in [7, 11) is 0. The minimum Gasteiger partial charge on any atom is -0.342 e. The number of hydrogen-bond donors (Lipinski definition) is 0. The van der Waals surface area contributed by atoms with Crippen molar-refractivity contribution in [3.05, 3.63) is 52.3 Å². The zero-order valence-corrected chi connectivity index (χ0v) is 15.8. The molecule has 26 heavy (non-hydrogen) atoms. The molecule has 5 nitrogen and oxygen atoms in total. The number of nitrogens with zero attached hydrogens (tertiary/aromatic N) is 3. The highest BCUT2D eigenvalue weighted by Crippen LogP contribution is 2.21. The molecule has 138 valence electrons. The van der Waals surface area contributed by atoms with E-state index in [9.17, 15) is 9.59 Å². The molecular weight excluding hydrogens is 326 g/mol. The molecule has 0 spiro atoms. The first-order chi connectivity index (χ1) is 12.4. The molecule has 2 heterocycles. The summed E-state index contributed by atoms with van der Waals surface area (Å²) in [6, 6.07) is 11.3. The highest BCUT2D eigenvalue weighted by atomic mass is 16.2. The zero-order valence-electron chi connectivity index (χ0n) is 15.8.